The van der Waals surface area contributed by atoms with E-state index in [4.69, 9.17) is 4.42 Å². The Morgan fingerprint density at radius 3 is 2.85 bits per heavy atom. The number of hydrogen-bond donors (Lipinski definition) is 0. The number of aryl methyl sites for hydroxylation is 1. The highest BCUT2D eigenvalue weighted by Gasteiger charge is 2.06. The van der Waals surface area contributed by atoms with Gasteiger partial charge in [0, 0.05) is 8.96 Å². The molecule has 0 atom stereocenters. The predicted molar refractivity (Wildman–Crippen MR) is 59.1 cm³/mol. The summed E-state index contributed by atoms with van der Waals surface area (Å²) in [4.78, 5) is 10.7. The van der Waals surface area contributed by atoms with Crippen molar-refractivity contribution in [3.63, 3.8) is 0 Å². The van der Waals surface area contributed by atoms with Crippen LogP contribution in [0.3, 0.4) is 0 Å². The average molecular weight is 286 g/mol. The molecule has 13 heavy (non-hydrogen) atoms. The fourth-order valence-electron chi connectivity index (χ4n) is 1.36. The van der Waals surface area contributed by atoms with Crippen LogP contribution in [0.25, 0.3) is 11.0 Å². The summed E-state index contributed by atoms with van der Waals surface area (Å²) in [6.07, 6.45) is 0.827. The molecule has 2 nitrogen and oxygen atoms in total. The monoisotopic (exact) mass is 286 g/mol. The van der Waals surface area contributed by atoms with E-state index in [0.29, 0.717) is 11.1 Å². The standard InChI is InChI=1S/C10H7IO2/c1-6-2-7-3-9(11)4-8(5-12)10(7)13-6/h2-5H,1H3. The van der Waals surface area contributed by atoms with E-state index in [1.807, 2.05) is 25.1 Å². The van der Waals surface area contributed by atoms with E-state index in [1.54, 1.807) is 0 Å². The molecule has 0 amide bonds. The molecule has 0 radical (unpaired) electrons. The molecule has 0 aliphatic heterocycles. The van der Waals surface area contributed by atoms with Crippen molar-refractivity contribution in [3.05, 3.63) is 33.1 Å². The number of benzene rings is 1. The van der Waals surface area contributed by atoms with Crippen molar-refractivity contribution in [1.82, 2.24) is 0 Å². The van der Waals surface area contributed by atoms with E-state index in [2.05, 4.69) is 22.6 Å². The summed E-state index contributed by atoms with van der Waals surface area (Å²) in [5.41, 5.74) is 1.31. The number of aldehydes is 1. The molecule has 0 aliphatic rings. The summed E-state index contributed by atoms with van der Waals surface area (Å²) >= 11 is 2.19. The Balaban J connectivity index is 2.88. The van der Waals surface area contributed by atoms with E-state index < -0.39 is 0 Å². The maximum atomic E-state index is 10.7. The van der Waals surface area contributed by atoms with Crippen LogP contribution in [0.1, 0.15) is 16.1 Å². The topological polar surface area (TPSA) is 30.2 Å². The molecule has 2 rings (SSSR count). The molecule has 0 aliphatic carbocycles. The average Bonchev–Trinajstić information content (AvgIpc) is 2.43. The lowest BCUT2D eigenvalue weighted by Gasteiger charge is -1.94. The Kier molecular flexibility index (Phi) is 2.11. The Morgan fingerprint density at radius 2 is 2.15 bits per heavy atom. The van der Waals surface area contributed by atoms with Crippen LogP contribution in [0.5, 0.6) is 0 Å². The van der Waals surface area contributed by atoms with Crippen LogP contribution >= 0.6 is 22.6 Å². The van der Waals surface area contributed by atoms with Gasteiger partial charge in [-0.1, -0.05) is 0 Å². The molecule has 0 spiro atoms. The van der Waals surface area contributed by atoms with Gasteiger partial charge in [-0.3, -0.25) is 4.79 Å². The van der Waals surface area contributed by atoms with Gasteiger partial charge < -0.3 is 4.42 Å². The highest BCUT2D eigenvalue weighted by Crippen LogP contribution is 2.24. The minimum atomic E-state index is 0.620. The Labute approximate surface area is 89.1 Å². The zero-order valence-corrected chi connectivity index (χ0v) is 9.16. The van der Waals surface area contributed by atoms with Crippen LogP contribution in [0.4, 0.5) is 0 Å². The number of hydrogen-bond acceptors (Lipinski definition) is 2. The summed E-state index contributed by atoms with van der Waals surface area (Å²) in [5, 5.41) is 0.992. The molecular formula is C10H7IO2. The van der Waals surface area contributed by atoms with Crippen LogP contribution in [0.2, 0.25) is 0 Å². The van der Waals surface area contributed by atoms with Crippen molar-refractivity contribution in [2.75, 3.05) is 0 Å². The van der Waals surface area contributed by atoms with E-state index in [0.717, 1.165) is 21.0 Å². The summed E-state index contributed by atoms with van der Waals surface area (Å²) in [6, 6.07) is 5.75. The molecule has 0 bridgehead atoms. The zero-order valence-electron chi connectivity index (χ0n) is 7.00. The molecule has 2 aromatic rings. The van der Waals surface area contributed by atoms with E-state index in [9.17, 15) is 4.79 Å². The number of rotatable bonds is 1. The van der Waals surface area contributed by atoms with Crippen molar-refractivity contribution in [2.24, 2.45) is 0 Å². The van der Waals surface area contributed by atoms with Crippen molar-refractivity contribution >= 4 is 39.8 Å². The Bertz CT molecular complexity index is 471. The first-order valence-electron chi connectivity index (χ1n) is 3.85. The molecule has 0 fully saturated rings. The molecular weight excluding hydrogens is 279 g/mol. The Morgan fingerprint density at radius 1 is 1.38 bits per heavy atom. The minimum Gasteiger partial charge on any atom is -0.461 e. The highest BCUT2D eigenvalue weighted by molar-refractivity contribution is 14.1. The van der Waals surface area contributed by atoms with Gasteiger partial charge >= 0.3 is 0 Å². The van der Waals surface area contributed by atoms with E-state index in [-0.39, 0.29) is 0 Å². The van der Waals surface area contributed by atoms with Gasteiger partial charge in [0.15, 0.2) is 6.29 Å². The molecule has 1 heterocycles. The SMILES string of the molecule is Cc1cc2cc(I)cc(C=O)c2o1. The molecule has 0 unspecified atom stereocenters. The van der Waals surface area contributed by atoms with Crippen molar-refractivity contribution in [3.8, 4) is 0 Å². The van der Waals surface area contributed by atoms with Crippen LogP contribution in [0, 0.1) is 10.5 Å². The number of fused-ring (bicyclic) bond motifs is 1. The van der Waals surface area contributed by atoms with Gasteiger partial charge in [-0.25, -0.2) is 0 Å². The van der Waals surface area contributed by atoms with E-state index in [1.165, 1.54) is 0 Å². The number of furan rings is 1. The third kappa shape index (κ3) is 1.48. The number of halogens is 1. The van der Waals surface area contributed by atoms with Crippen molar-refractivity contribution < 1.29 is 9.21 Å². The van der Waals surface area contributed by atoms with E-state index >= 15 is 0 Å². The normalized spacial score (nSPS) is 10.6. The number of carbonyl (C=O) groups excluding carboxylic acids is 1. The molecule has 0 saturated heterocycles. The molecule has 0 saturated carbocycles. The van der Waals surface area contributed by atoms with Crippen LogP contribution in [0.15, 0.2) is 22.6 Å². The van der Waals surface area contributed by atoms with Gasteiger partial charge in [-0.2, -0.15) is 0 Å². The second-order valence-corrected chi connectivity index (χ2v) is 4.13. The van der Waals surface area contributed by atoms with Crippen molar-refractivity contribution in [1.29, 1.82) is 0 Å². The smallest absolute Gasteiger partial charge is 0.153 e. The summed E-state index contributed by atoms with van der Waals surface area (Å²) in [6.45, 7) is 1.88. The molecule has 66 valence electrons. The largest absolute Gasteiger partial charge is 0.461 e. The van der Waals surface area contributed by atoms with Gasteiger partial charge in [-0.05, 0) is 47.7 Å². The van der Waals surface area contributed by atoms with Gasteiger partial charge in [-0.15, -0.1) is 0 Å². The quantitative estimate of drug-likeness (QED) is 0.595. The minimum absolute atomic E-state index is 0.620. The second-order valence-electron chi connectivity index (χ2n) is 2.89. The van der Waals surface area contributed by atoms with Crippen LogP contribution in [-0.4, -0.2) is 6.29 Å². The lowest BCUT2D eigenvalue weighted by atomic mass is 10.2. The summed E-state index contributed by atoms with van der Waals surface area (Å²) in [5.74, 6) is 0.833. The molecule has 1 aromatic carbocycles. The van der Waals surface area contributed by atoms with Gasteiger partial charge in [0.2, 0.25) is 0 Å². The maximum Gasteiger partial charge on any atom is 0.153 e. The Hall–Kier alpha value is -0.840. The first kappa shape index (κ1) is 8.74. The fraction of sp³-hybridized carbons (Fsp3) is 0.100. The van der Waals surface area contributed by atoms with Crippen LogP contribution < -0.4 is 0 Å². The predicted octanol–water partition coefficient (Wildman–Crippen LogP) is 3.16. The zero-order chi connectivity index (χ0) is 9.42. The first-order chi connectivity index (χ1) is 6.20. The summed E-state index contributed by atoms with van der Waals surface area (Å²) < 4.78 is 6.46. The fourth-order valence-corrected chi connectivity index (χ4v) is 2.03. The van der Waals surface area contributed by atoms with Gasteiger partial charge in [0.25, 0.3) is 0 Å². The molecule has 0 N–H and O–H groups in total. The van der Waals surface area contributed by atoms with Crippen molar-refractivity contribution in [2.45, 2.75) is 6.92 Å². The molecule has 1 aromatic heterocycles. The molecule has 3 heteroatoms. The van der Waals surface area contributed by atoms with Gasteiger partial charge in [0.05, 0.1) is 5.56 Å². The lowest BCUT2D eigenvalue weighted by Crippen LogP contribution is -1.81. The highest BCUT2D eigenvalue weighted by atomic mass is 127. The third-order valence-electron chi connectivity index (χ3n) is 1.86. The lowest BCUT2D eigenvalue weighted by molar-refractivity contribution is 0.112. The third-order valence-corrected chi connectivity index (χ3v) is 2.48. The first-order valence-corrected chi connectivity index (χ1v) is 4.93. The number of carbonyl (C=O) groups is 1. The summed E-state index contributed by atoms with van der Waals surface area (Å²) in [7, 11) is 0. The maximum absolute atomic E-state index is 10.7. The second kappa shape index (κ2) is 3.14. The van der Waals surface area contributed by atoms with Crippen LogP contribution in [-0.2, 0) is 0 Å². The van der Waals surface area contributed by atoms with Gasteiger partial charge in [0.1, 0.15) is 11.3 Å².